The Morgan fingerprint density at radius 3 is 2.32 bits per heavy atom. The minimum Gasteiger partial charge on any atom is -0.493 e. The monoisotopic (exact) mass is 396 g/mol. The molecule has 0 spiro atoms. The van der Waals surface area contributed by atoms with Crippen LogP contribution in [0.5, 0.6) is 11.5 Å². The lowest BCUT2D eigenvalue weighted by Crippen LogP contribution is -2.17. The maximum Gasteiger partial charge on any atom is 0.279 e. The third kappa shape index (κ3) is 3.87. The highest BCUT2D eigenvalue weighted by Gasteiger charge is 2.14. The molecule has 146 valence electrons. The average Bonchev–Trinajstić information content (AvgIpc) is 3.02. The van der Waals surface area contributed by atoms with Crippen LogP contribution in [0.25, 0.3) is 11.3 Å². The SMILES string of the molecule is CCn1c(-c2ccc(C)cc2)c(C)sc1=NC(=O)c1ccc(OC)c(OC)c1. The number of carbonyl (C=O) groups excluding carboxylic acids is 1. The van der Waals surface area contributed by atoms with Crippen molar-refractivity contribution >= 4 is 17.2 Å². The van der Waals surface area contributed by atoms with E-state index in [1.54, 1.807) is 32.4 Å². The topological polar surface area (TPSA) is 52.8 Å². The molecule has 2 aromatic carbocycles. The van der Waals surface area contributed by atoms with E-state index in [4.69, 9.17) is 9.47 Å². The van der Waals surface area contributed by atoms with Gasteiger partial charge in [0.1, 0.15) is 0 Å². The molecule has 0 saturated carbocycles. The van der Waals surface area contributed by atoms with Gasteiger partial charge in [-0.3, -0.25) is 4.79 Å². The lowest BCUT2D eigenvalue weighted by Gasteiger charge is -2.08. The van der Waals surface area contributed by atoms with Gasteiger partial charge < -0.3 is 14.0 Å². The third-order valence-electron chi connectivity index (χ3n) is 4.55. The number of hydrogen-bond donors (Lipinski definition) is 0. The molecule has 0 atom stereocenters. The standard InChI is InChI=1S/C22H24N2O3S/c1-6-24-20(16-9-7-14(2)8-10-16)15(3)28-22(24)23-21(25)17-11-12-18(26-4)19(13-17)27-5/h7-13H,6H2,1-5H3. The van der Waals surface area contributed by atoms with Gasteiger partial charge in [-0.1, -0.05) is 29.8 Å². The molecular formula is C22H24N2O3S. The molecule has 1 aromatic heterocycles. The smallest absolute Gasteiger partial charge is 0.279 e. The first kappa shape index (κ1) is 19.9. The molecule has 0 bridgehead atoms. The fraction of sp³-hybridized carbons (Fsp3) is 0.273. The normalized spacial score (nSPS) is 11.5. The van der Waals surface area contributed by atoms with E-state index in [0.29, 0.717) is 21.9 Å². The van der Waals surface area contributed by atoms with E-state index in [0.717, 1.165) is 22.7 Å². The van der Waals surface area contributed by atoms with Gasteiger partial charge in [0.05, 0.1) is 19.9 Å². The van der Waals surface area contributed by atoms with Gasteiger partial charge in [0.2, 0.25) is 0 Å². The molecule has 3 rings (SSSR count). The number of thiazole rings is 1. The Morgan fingerprint density at radius 2 is 1.71 bits per heavy atom. The Labute approximate surface area is 168 Å². The molecule has 0 aliphatic rings. The van der Waals surface area contributed by atoms with E-state index in [1.807, 2.05) is 0 Å². The van der Waals surface area contributed by atoms with Crippen LogP contribution in [0.1, 0.15) is 27.7 Å². The Bertz CT molecular complexity index is 1060. The van der Waals surface area contributed by atoms with Crippen molar-refractivity contribution in [2.45, 2.75) is 27.3 Å². The first-order valence-corrected chi connectivity index (χ1v) is 9.88. The second kappa shape index (κ2) is 8.44. The molecule has 0 unspecified atom stereocenters. The fourth-order valence-electron chi connectivity index (χ4n) is 3.09. The lowest BCUT2D eigenvalue weighted by atomic mass is 10.1. The molecule has 28 heavy (non-hydrogen) atoms. The van der Waals surface area contributed by atoms with Gasteiger partial charge in [0, 0.05) is 17.0 Å². The Balaban J connectivity index is 2.06. The summed E-state index contributed by atoms with van der Waals surface area (Å²) < 4.78 is 12.6. The van der Waals surface area contributed by atoms with Crippen LogP contribution < -0.4 is 14.3 Å². The quantitative estimate of drug-likeness (QED) is 0.633. The lowest BCUT2D eigenvalue weighted by molar-refractivity contribution is 0.0997. The minimum absolute atomic E-state index is 0.306. The summed E-state index contributed by atoms with van der Waals surface area (Å²) in [5, 5.41) is 0. The van der Waals surface area contributed by atoms with E-state index in [-0.39, 0.29) is 5.91 Å². The van der Waals surface area contributed by atoms with Crippen LogP contribution in [-0.2, 0) is 6.54 Å². The van der Waals surface area contributed by atoms with Gasteiger partial charge in [0.15, 0.2) is 16.3 Å². The maximum atomic E-state index is 12.8. The average molecular weight is 397 g/mol. The summed E-state index contributed by atoms with van der Waals surface area (Å²) in [7, 11) is 3.11. The predicted molar refractivity (Wildman–Crippen MR) is 112 cm³/mol. The molecule has 0 aliphatic heterocycles. The number of ether oxygens (including phenoxy) is 2. The second-order valence-electron chi connectivity index (χ2n) is 6.39. The fourth-order valence-corrected chi connectivity index (χ4v) is 4.15. The van der Waals surface area contributed by atoms with Crippen molar-refractivity contribution < 1.29 is 14.3 Å². The van der Waals surface area contributed by atoms with Crippen LogP contribution in [0, 0.1) is 13.8 Å². The van der Waals surface area contributed by atoms with Gasteiger partial charge in [-0.05, 0) is 44.5 Å². The van der Waals surface area contributed by atoms with Crippen LogP contribution in [-0.4, -0.2) is 24.7 Å². The van der Waals surface area contributed by atoms with E-state index in [1.165, 1.54) is 16.9 Å². The Kier molecular flexibility index (Phi) is 5.99. The van der Waals surface area contributed by atoms with Crippen LogP contribution >= 0.6 is 11.3 Å². The summed E-state index contributed by atoms with van der Waals surface area (Å²) in [5.74, 6) is 0.783. The molecule has 3 aromatic rings. The summed E-state index contributed by atoms with van der Waals surface area (Å²) in [6.07, 6.45) is 0. The first-order valence-electron chi connectivity index (χ1n) is 9.06. The number of benzene rings is 2. The van der Waals surface area contributed by atoms with Crippen molar-refractivity contribution in [1.82, 2.24) is 4.57 Å². The zero-order valence-electron chi connectivity index (χ0n) is 16.8. The molecule has 0 saturated heterocycles. The second-order valence-corrected chi connectivity index (χ2v) is 7.57. The largest absolute Gasteiger partial charge is 0.493 e. The number of carbonyl (C=O) groups is 1. The molecule has 1 heterocycles. The Morgan fingerprint density at radius 1 is 1.04 bits per heavy atom. The predicted octanol–water partition coefficient (Wildman–Crippen LogP) is 4.61. The van der Waals surface area contributed by atoms with E-state index >= 15 is 0 Å². The van der Waals surface area contributed by atoms with E-state index in [2.05, 4.69) is 54.6 Å². The number of methoxy groups -OCH3 is 2. The zero-order valence-corrected chi connectivity index (χ0v) is 17.6. The number of hydrogen-bond acceptors (Lipinski definition) is 4. The number of aromatic nitrogens is 1. The molecule has 5 nitrogen and oxygen atoms in total. The van der Waals surface area contributed by atoms with Gasteiger partial charge >= 0.3 is 0 Å². The molecule has 0 aliphatic carbocycles. The molecular weight excluding hydrogens is 372 g/mol. The molecule has 6 heteroatoms. The summed E-state index contributed by atoms with van der Waals surface area (Å²) in [4.78, 5) is 19.0. The first-order chi connectivity index (χ1) is 13.5. The van der Waals surface area contributed by atoms with E-state index < -0.39 is 0 Å². The van der Waals surface area contributed by atoms with Crippen molar-refractivity contribution in [3.63, 3.8) is 0 Å². The summed E-state index contributed by atoms with van der Waals surface area (Å²) in [5.41, 5.74) is 3.91. The highest BCUT2D eigenvalue weighted by molar-refractivity contribution is 7.09. The van der Waals surface area contributed by atoms with Gasteiger partial charge in [-0.15, -0.1) is 11.3 Å². The van der Waals surface area contributed by atoms with Crippen molar-refractivity contribution in [1.29, 1.82) is 0 Å². The van der Waals surface area contributed by atoms with Crippen molar-refractivity contribution in [3.8, 4) is 22.8 Å². The van der Waals surface area contributed by atoms with Crippen LogP contribution in [0.4, 0.5) is 0 Å². The highest BCUT2D eigenvalue weighted by Crippen LogP contribution is 2.28. The summed E-state index contributed by atoms with van der Waals surface area (Å²) in [6.45, 7) is 6.92. The van der Waals surface area contributed by atoms with Crippen LogP contribution in [0.15, 0.2) is 47.5 Å². The number of rotatable bonds is 5. The molecule has 1 amide bonds. The van der Waals surface area contributed by atoms with E-state index in [9.17, 15) is 4.79 Å². The van der Waals surface area contributed by atoms with Crippen LogP contribution in [0.3, 0.4) is 0 Å². The maximum absolute atomic E-state index is 12.8. The highest BCUT2D eigenvalue weighted by atomic mass is 32.1. The Hall–Kier alpha value is -2.86. The summed E-state index contributed by atoms with van der Waals surface area (Å²) >= 11 is 1.52. The third-order valence-corrected chi connectivity index (χ3v) is 5.54. The molecule has 0 fully saturated rings. The number of amides is 1. The van der Waals surface area contributed by atoms with Crippen molar-refractivity contribution in [2.75, 3.05) is 14.2 Å². The van der Waals surface area contributed by atoms with Crippen molar-refractivity contribution in [2.24, 2.45) is 4.99 Å². The summed E-state index contributed by atoms with van der Waals surface area (Å²) in [6, 6.07) is 13.5. The zero-order chi connectivity index (χ0) is 20.3. The molecule has 0 radical (unpaired) electrons. The van der Waals surface area contributed by atoms with Gasteiger partial charge in [0.25, 0.3) is 5.91 Å². The number of aryl methyl sites for hydroxylation is 2. The van der Waals surface area contributed by atoms with Crippen molar-refractivity contribution in [3.05, 3.63) is 63.3 Å². The van der Waals surface area contributed by atoms with Gasteiger partial charge in [-0.25, -0.2) is 0 Å². The van der Waals surface area contributed by atoms with Gasteiger partial charge in [-0.2, -0.15) is 4.99 Å². The number of nitrogens with zero attached hydrogens (tertiary/aromatic N) is 2. The molecule has 0 N–H and O–H groups in total. The van der Waals surface area contributed by atoms with Crippen LogP contribution in [0.2, 0.25) is 0 Å². The minimum atomic E-state index is -0.306.